The van der Waals surface area contributed by atoms with Crippen LogP contribution in [-0.2, 0) is 34.1 Å². The van der Waals surface area contributed by atoms with Gasteiger partial charge < -0.3 is 15.4 Å². The summed E-state index contributed by atoms with van der Waals surface area (Å²) in [5.41, 5.74) is 1.71. The second-order valence-corrected chi connectivity index (χ2v) is 13.2. The van der Waals surface area contributed by atoms with Crippen molar-refractivity contribution < 1.29 is 13.9 Å². The Morgan fingerprint density at radius 2 is 1.73 bits per heavy atom. The lowest BCUT2D eigenvalue weighted by molar-refractivity contribution is -0.142. The predicted octanol–water partition coefficient (Wildman–Crippen LogP) is 5.63. The van der Waals surface area contributed by atoms with Gasteiger partial charge in [0, 0.05) is 42.2 Å². The number of fused-ring (bicyclic) bond motifs is 1. The standard InChI is InChI=1S/C36H40FN7O4/c1-9-39-36(6,7)23-13-14-31(38-19-23)41-29-17-28(42-43(8)33(29)46)25-11-10-12-30(26(25)20-48-21(2)45)44-34(47)32-22(18-40-44)15-24(16-27(32)37)35(3,4)5/h10-19,39H,9,20H2,1-8H3,(H,38,41). The molecular formula is C36H40FN7O4. The monoisotopic (exact) mass is 653 g/mol. The van der Waals surface area contributed by atoms with E-state index in [2.05, 4.69) is 39.7 Å². The minimum atomic E-state index is -0.672. The molecule has 0 saturated carbocycles. The molecule has 0 aliphatic carbocycles. The molecule has 250 valence electrons. The normalized spacial score (nSPS) is 11.9. The summed E-state index contributed by atoms with van der Waals surface area (Å²) in [4.78, 5) is 43.5. The van der Waals surface area contributed by atoms with Crippen molar-refractivity contribution in [3.63, 3.8) is 0 Å². The van der Waals surface area contributed by atoms with Gasteiger partial charge in [-0.05, 0) is 67.3 Å². The van der Waals surface area contributed by atoms with Gasteiger partial charge in [0.2, 0.25) is 0 Å². The Morgan fingerprint density at radius 1 is 0.979 bits per heavy atom. The highest BCUT2D eigenvalue weighted by molar-refractivity contribution is 5.83. The SMILES string of the molecule is CCNC(C)(C)c1ccc(Nc2cc(-c3cccc(-n4ncc5cc(C(C)(C)C)cc(F)c5c4=O)c3COC(C)=O)nn(C)c2=O)nc1. The van der Waals surface area contributed by atoms with E-state index in [1.807, 2.05) is 33.8 Å². The van der Waals surface area contributed by atoms with Crippen molar-refractivity contribution in [2.75, 3.05) is 11.9 Å². The largest absolute Gasteiger partial charge is 0.461 e. The van der Waals surface area contributed by atoms with Crippen molar-refractivity contribution in [1.82, 2.24) is 29.9 Å². The lowest BCUT2D eigenvalue weighted by atomic mass is 9.86. The summed E-state index contributed by atoms with van der Waals surface area (Å²) in [6.45, 7) is 13.9. The summed E-state index contributed by atoms with van der Waals surface area (Å²) < 4.78 is 23.2. The highest BCUT2D eigenvalue weighted by Crippen LogP contribution is 2.31. The number of esters is 1. The first-order valence-corrected chi connectivity index (χ1v) is 15.7. The van der Waals surface area contributed by atoms with E-state index >= 15 is 4.39 Å². The fourth-order valence-corrected chi connectivity index (χ4v) is 5.53. The molecule has 0 saturated heterocycles. The smallest absolute Gasteiger partial charge is 0.302 e. The van der Waals surface area contributed by atoms with Gasteiger partial charge in [0.25, 0.3) is 11.1 Å². The number of carbonyl (C=O) groups is 1. The van der Waals surface area contributed by atoms with Crippen LogP contribution in [0.15, 0.2) is 70.5 Å². The van der Waals surface area contributed by atoms with Crippen LogP contribution in [0.2, 0.25) is 0 Å². The second kappa shape index (κ2) is 13.1. The quantitative estimate of drug-likeness (QED) is 0.194. The van der Waals surface area contributed by atoms with Crippen LogP contribution < -0.4 is 21.8 Å². The number of pyridine rings is 1. The predicted molar refractivity (Wildman–Crippen MR) is 184 cm³/mol. The van der Waals surface area contributed by atoms with Crippen molar-refractivity contribution in [3.8, 4) is 16.9 Å². The highest BCUT2D eigenvalue weighted by atomic mass is 19.1. The van der Waals surface area contributed by atoms with Crippen molar-refractivity contribution >= 4 is 28.2 Å². The number of nitrogens with zero attached hydrogens (tertiary/aromatic N) is 5. The molecule has 11 nitrogen and oxygen atoms in total. The van der Waals surface area contributed by atoms with E-state index in [0.717, 1.165) is 22.4 Å². The van der Waals surface area contributed by atoms with Gasteiger partial charge >= 0.3 is 5.97 Å². The van der Waals surface area contributed by atoms with Crippen molar-refractivity contribution in [1.29, 1.82) is 0 Å². The first kappa shape index (κ1) is 34.1. The molecular weight excluding hydrogens is 613 g/mol. The molecule has 0 aliphatic heterocycles. The molecule has 3 aromatic heterocycles. The number of hydrogen-bond acceptors (Lipinski definition) is 9. The molecule has 0 spiro atoms. The van der Waals surface area contributed by atoms with Gasteiger partial charge in [-0.1, -0.05) is 45.9 Å². The van der Waals surface area contributed by atoms with Gasteiger partial charge in [-0.15, -0.1) is 0 Å². The molecule has 2 aromatic carbocycles. The second-order valence-electron chi connectivity index (χ2n) is 13.2. The molecule has 0 amide bonds. The number of anilines is 2. The number of hydrogen-bond donors (Lipinski definition) is 2. The van der Waals surface area contributed by atoms with Crippen LogP contribution in [0.3, 0.4) is 0 Å². The number of ether oxygens (including phenoxy) is 1. The van der Waals surface area contributed by atoms with E-state index < -0.39 is 22.9 Å². The molecule has 2 N–H and O–H groups in total. The topological polar surface area (TPSA) is 133 Å². The minimum absolute atomic E-state index is 0.110. The summed E-state index contributed by atoms with van der Waals surface area (Å²) in [7, 11) is 1.52. The molecule has 0 atom stereocenters. The van der Waals surface area contributed by atoms with E-state index in [-0.39, 0.29) is 34.3 Å². The zero-order valence-electron chi connectivity index (χ0n) is 28.4. The van der Waals surface area contributed by atoms with E-state index in [4.69, 9.17) is 4.74 Å². The third-order valence-electron chi connectivity index (χ3n) is 8.21. The van der Waals surface area contributed by atoms with Crippen LogP contribution in [0.1, 0.15) is 65.2 Å². The zero-order valence-corrected chi connectivity index (χ0v) is 28.4. The Balaban J connectivity index is 1.62. The van der Waals surface area contributed by atoms with Crippen LogP contribution in [-0.4, -0.2) is 37.1 Å². The van der Waals surface area contributed by atoms with Gasteiger partial charge in [-0.25, -0.2) is 14.1 Å². The maximum Gasteiger partial charge on any atom is 0.302 e. The molecule has 3 heterocycles. The number of carbonyl (C=O) groups excluding carboxylic acids is 1. The summed E-state index contributed by atoms with van der Waals surface area (Å²) in [6.07, 6.45) is 3.20. The Labute approximate surface area is 277 Å². The van der Waals surface area contributed by atoms with Gasteiger partial charge in [0.1, 0.15) is 23.9 Å². The minimum Gasteiger partial charge on any atom is -0.461 e. The Morgan fingerprint density at radius 3 is 2.38 bits per heavy atom. The molecule has 12 heteroatoms. The molecule has 0 aliphatic rings. The summed E-state index contributed by atoms with van der Waals surface area (Å²) in [5, 5.41) is 15.7. The van der Waals surface area contributed by atoms with Crippen molar-refractivity contribution in [2.45, 2.75) is 66.0 Å². The van der Waals surface area contributed by atoms with Gasteiger partial charge in [-0.3, -0.25) is 14.4 Å². The van der Waals surface area contributed by atoms with Gasteiger partial charge in [0.05, 0.1) is 23.0 Å². The third-order valence-corrected chi connectivity index (χ3v) is 8.21. The first-order valence-electron chi connectivity index (χ1n) is 15.7. The molecule has 5 aromatic rings. The van der Waals surface area contributed by atoms with E-state index in [9.17, 15) is 14.4 Å². The van der Waals surface area contributed by atoms with Crippen LogP contribution in [0, 0.1) is 5.82 Å². The Bertz CT molecular complexity index is 2130. The summed E-state index contributed by atoms with van der Waals surface area (Å²) in [5.74, 6) is -0.741. The van der Waals surface area contributed by atoms with E-state index in [1.165, 1.54) is 30.9 Å². The number of rotatable bonds is 9. The maximum absolute atomic E-state index is 15.5. The third kappa shape index (κ3) is 6.89. The molecule has 48 heavy (non-hydrogen) atoms. The fraction of sp³-hybridized carbons (Fsp3) is 0.333. The number of aryl methyl sites for hydroxylation is 1. The van der Waals surface area contributed by atoms with Crippen LogP contribution in [0.4, 0.5) is 15.9 Å². The fourth-order valence-electron chi connectivity index (χ4n) is 5.53. The summed E-state index contributed by atoms with van der Waals surface area (Å²) in [6, 6.07) is 13.5. The first-order chi connectivity index (χ1) is 22.6. The number of aromatic nitrogens is 5. The van der Waals surface area contributed by atoms with Gasteiger partial charge in [-0.2, -0.15) is 14.9 Å². The number of benzene rings is 2. The van der Waals surface area contributed by atoms with E-state index in [0.29, 0.717) is 28.0 Å². The number of halogens is 1. The summed E-state index contributed by atoms with van der Waals surface area (Å²) >= 11 is 0. The van der Waals surface area contributed by atoms with Crippen molar-refractivity contribution in [2.24, 2.45) is 7.05 Å². The van der Waals surface area contributed by atoms with Crippen LogP contribution in [0.25, 0.3) is 27.7 Å². The van der Waals surface area contributed by atoms with Crippen molar-refractivity contribution in [3.05, 3.63) is 104 Å². The molecule has 0 unspecified atom stereocenters. The Hall–Kier alpha value is -5.23. The number of nitrogens with one attached hydrogen (secondary N) is 2. The molecule has 5 rings (SSSR count). The Kier molecular flexibility index (Phi) is 9.32. The van der Waals surface area contributed by atoms with Gasteiger partial charge in [0.15, 0.2) is 0 Å². The molecule has 0 radical (unpaired) electrons. The maximum atomic E-state index is 15.5. The lowest BCUT2D eigenvalue weighted by Gasteiger charge is -2.26. The lowest BCUT2D eigenvalue weighted by Crippen LogP contribution is -2.36. The average Bonchev–Trinajstić information content (AvgIpc) is 3.01. The van der Waals surface area contributed by atoms with E-state index in [1.54, 1.807) is 42.6 Å². The highest BCUT2D eigenvalue weighted by Gasteiger charge is 2.23. The zero-order chi connectivity index (χ0) is 35.0. The van der Waals surface area contributed by atoms with Crippen LogP contribution >= 0.6 is 0 Å². The average molecular weight is 654 g/mol. The molecule has 0 bridgehead atoms. The molecule has 0 fully saturated rings. The van der Waals surface area contributed by atoms with Crippen LogP contribution in [0.5, 0.6) is 0 Å².